The molecule has 0 atom stereocenters. The van der Waals surface area contributed by atoms with Crippen LogP contribution in [0.25, 0.3) is 11.3 Å². The molecule has 1 aromatic heterocycles. The molecule has 0 amide bonds. The van der Waals surface area contributed by atoms with Crippen LogP contribution >= 0.6 is 11.6 Å². The van der Waals surface area contributed by atoms with Crippen molar-refractivity contribution in [2.45, 2.75) is 29.6 Å². The van der Waals surface area contributed by atoms with Gasteiger partial charge in [0.05, 0.1) is 15.6 Å². The number of fused-ring (bicyclic) bond motifs is 4. The summed E-state index contributed by atoms with van der Waals surface area (Å²) in [5, 5.41) is 2.80. The summed E-state index contributed by atoms with van der Waals surface area (Å²) in [6.45, 7) is 0.743. The van der Waals surface area contributed by atoms with E-state index in [-0.39, 0.29) is 15.3 Å². The monoisotopic (exact) mass is 472 g/mol. The standard InChI is InChI=1S/C23H22ClFN4O2S/c1-26-22-27-14-15-13-23(18-5-3-2-4-17(18)21(15)28-22)8-10-29(11-9-23)32(30,31)16-6-7-20(25)19(24)12-16/h2-7,12,14H,8-11,13H2,1H3,(H,26,27,28). The molecule has 1 aliphatic heterocycles. The molecule has 1 spiro atoms. The summed E-state index contributed by atoms with van der Waals surface area (Å²) < 4.78 is 41.3. The Bertz CT molecular complexity index is 1310. The second-order valence-electron chi connectivity index (χ2n) is 8.30. The van der Waals surface area contributed by atoms with Gasteiger partial charge in [-0.05, 0) is 48.6 Å². The molecule has 0 bridgehead atoms. The molecule has 5 rings (SSSR count). The molecule has 166 valence electrons. The van der Waals surface area contributed by atoms with Crippen LogP contribution in [0.15, 0.2) is 53.6 Å². The van der Waals surface area contributed by atoms with Crippen LogP contribution in [0.2, 0.25) is 5.02 Å². The minimum atomic E-state index is -3.75. The van der Waals surface area contributed by atoms with Crippen LogP contribution in [-0.4, -0.2) is 42.8 Å². The summed E-state index contributed by atoms with van der Waals surface area (Å²) >= 11 is 5.83. The molecule has 2 aromatic carbocycles. The Morgan fingerprint density at radius 3 is 2.62 bits per heavy atom. The van der Waals surface area contributed by atoms with Crippen molar-refractivity contribution in [3.8, 4) is 11.3 Å². The Labute approximate surface area is 191 Å². The molecule has 1 N–H and O–H groups in total. The smallest absolute Gasteiger partial charge is 0.243 e. The van der Waals surface area contributed by atoms with Crippen molar-refractivity contribution in [2.75, 3.05) is 25.5 Å². The number of nitrogens with one attached hydrogen (secondary N) is 1. The Morgan fingerprint density at radius 1 is 1.16 bits per heavy atom. The molecule has 3 aromatic rings. The van der Waals surface area contributed by atoms with Gasteiger partial charge in [-0.2, -0.15) is 4.31 Å². The third-order valence-electron chi connectivity index (χ3n) is 6.58. The molecule has 2 heterocycles. The summed E-state index contributed by atoms with van der Waals surface area (Å²) in [6, 6.07) is 11.8. The lowest BCUT2D eigenvalue weighted by Gasteiger charge is -2.45. The first kappa shape index (κ1) is 21.3. The average molecular weight is 473 g/mol. The van der Waals surface area contributed by atoms with E-state index in [1.54, 1.807) is 7.05 Å². The molecular formula is C23H22ClFN4O2S. The number of aromatic nitrogens is 2. The van der Waals surface area contributed by atoms with Crippen LogP contribution in [0.5, 0.6) is 0 Å². The van der Waals surface area contributed by atoms with Crippen molar-refractivity contribution in [3.05, 3.63) is 70.6 Å². The van der Waals surface area contributed by atoms with Crippen molar-refractivity contribution in [1.29, 1.82) is 0 Å². The fourth-order valence-electron chi connectivity index (χ4n) is 4.89. The molecule has 9 heteroatoms. The first-order chi connectivity index (χ1) is 15.3. The first-order valence-corrected chi connectivity index (χ1v) is 12.2. The zero-order valence-electron chi connectivity index (χ0n) is 17.5. The van der Waals surface area contributed by atoms with E-state index >= 15 is 0 Å². The molecule has 0 radical (unpaired) electrons. The second-order valence-corrected chi connectivity index (χ2v) is 10.6. The van der Waals surface area contributed by atoms with E-state index in [1.807, 2.05) is 18.3 Å². The third-order valence-corrected chi connectivity index (χ3v) is 8.76. The fourth-order valence-corrected chi connectivity index (χ4v) is 6.60. The maximum Gasteiger partial charge on any atom is 0.243 e. The predicted molar refractivity (Wildman–Crippen MR) is 122 cm³/mol. The van der Waals surface area contributed by atoms with Crippen molar-refractivity contribution >= 4 is 27.6 Å². The summed E-state index contributed by atoms with van der Waals surface area (Å²) in [5.41, 5.74) is 4.11. The van der Waals surface area contributed by atoms with Gasteiger partial charge in [0.2, 0.25) is 16.0 Å². The molecule has 0 saturated carbocycles. The Kier molecular flexibility index (Phi) is 5.19. The lowest BCUT2D eigenvalue weighted by molar-refractivity contribution is 0.229. The highest BCUT2D eigenvalue weighted by molar-refractivity contribution is 7.89. The number of halogens is 2. The van der Waals surface area contributed by atoms with Crippen LogP contribution in [0.3, 0.4) is 0 Å². The van der Waals surface area contributed by atoms with Gasteiger partial charge in [-0.3, -0.25) is 0 Å². The van der Waals surface area contributed by atoms with E-state index < -0.39 is 15.8 Å². The van der Waals surface area contributed by atoms with E-state index in [9.17, 15) is 12.8 Å². The zero-order valence-corrected chi connectivity index (χ0v) is 19.0. The van der Waals surface area contributed by atoms with Gasteiger partial charge in [0.1, 0.15) is 5.82 Å². The highest BCUT2D eigenvalue weighted by Crippen LogP contribution is 2.48. The average Bonchev–Trinajstić information content (AvgIpc) is 2.81. The largest absolute Gasteiger partial charge is 0.357 e. The summed E-state index contributed by atoms with van der Waals surface area (Å²) in [4.78, 5) is 9.10. The number of piperidine rings is 1. The van der Waals surface area contributed by atoms with Gasteiger partial charge in [-0.1, -0.05) is 35.9 Å². The highest BCUT2D eigenvalue weighted by Gasteiger charge is 2.44. The number of sulfonamides is 1. The minimum Gasteiger partial charge on any atom is -0.357 e. The number of hydrogen-bond acceptors (Lipinski definition) is 5. The Morgan fingerprint density at radius 2 is 1.91 bits per heavy atom. The molecule has 2 aliphatic rings. The van der Waals surface area contributed by atoms with E-state index in [0.29, 0.717) is 31.9 Å². The van der Waals surface area contributed by atoms with Crippen LogP contribution in [0.4, 0.5) is 10.3 Å². The number of rotatable bonds is 3. The number of nitrogens with zero attached hydrogens (tertiary/aromatic N) is 3. The van der Waals surface area contributed by atoms with Gasteiger partial charge in [-0.25, -0.2) is 22.8 Å². The van der Waals surface area contributed by atoms with Crippen molar-refractivity contribution in [2.24, 2.45) is 0 Å². The zero-order chi connectivity index (χ0) is 22.5. The van der Waals surface area contributed by atoms with E-state index in [1.165, 1.54) is 22.0 Å². The van der Waals surface area contributed by atoms with Gasteiger partial charge < -0.3 is 5.32 Å². The topological polar surface area (TPSA) is 75.2 Å². The van der Waals surface area contributed by atoms with Crippen LogP contribution < -0.4 is 5.32 Å². The summed E-state index contributed by atoms with van der Waals surface area (Å²) in [6.07, 6.45) is 3.98. The summed E-state index contributed by atoms with van der Waals surface area (Å²) in [5.74, 6) is -0.0577. The molecule has 6 nitrogen and oxygen atoms in total. The normalized spacial score (nSPS) is 17.6. The number of hydrogen-bond donors (Lipinski definition) is 1. The van der Waals surface area contributed by atoms with E-state index in [0.717, 1.165) is 29.3 Å². The van der Waals surface area contributed by atoms with E-state index in [4.69, 9.17) is 11.6 Å². The molecule has 1 fully saturated rings. The van der Waals surface area contributed by atoms with Gasteiger partial charge in [0, 0.05) is 37.3 Å². The minimum absolute atomic E-state index is 0.0160. The molecule has 0 unspecified atom stereocenters. The van der Waals surface area contributed by atoms with Crippen LogP contribution in [-0.2, 0) is 21.9 Å². The lowest BCUT2D eigenvalue weighted by Crippen LogP contribution is -2.47. The molecule has 1 saturated heterocycles. The number of benzene rings is 2. The van der Waals surface area contributed by atoms with Gasteiger partial charge in [-0.15, -0.1) is 0 Å². The highest BCUT2D eigenvalue weighted by atomic mass is 35.5. The fraction of sp³-hybridized carbons (Fsp3) is 0.304. The number of anilines is 1. The first-order valence-electron chi connectivity index (χ1n) is 10.4. The molecule has 1 aliphatic carbocycles. The van der Waals surface area contributed by atoms with Crippen molar-refractivity contribution in [1.82, 2.24) is 14.3 Å². The van der Waals surface area contributed by atoms with E-state index in [2.05, 4.69) is 27.4 Å². The maximum absolute atomic E-state index is 13.5. The van der Waals surface area contributed by atoms with Crippen LogP contribution in [0, 0.1) is 5.82 Å². The third kappa shape index (κ3) is 3.37. The maximum atomic E-state index is 13.5. The lowest BCUT2D eigenvalue weighted by atomic mass is 9.64. The Hall–Kier alpha value is -2.55. The van der Waals surface area contributed by atoms with Gasteiger partial charge >= 0.3 is 0 Å². The van der Waals surface area contributed by atoms with Gasteiger partial charge in [0.25, 0.3) is 0 Å². The SMILES string of the molecule is CNc1ncc2c(n1)-c1ccccc1C1(CCN(S(=O)(=O)c3ccc(F)c(Cl)c3)CC1)C2. The Balaban J connectivity index is 1.46. The molecular weight excluding hydrogens is 451 g/mol. The quantitative estimate of drug-likeness (QED) is 0.616. The second kappa shape index (κ2) is 7.79. The van der Waals surface area contributed by atoms with Crippen molar-refractivity contribution in [3.63, 3.8) is 0 Å². The summed E-state index contributed by atoms with van der Waals surface area (Å²) in [7, 11) is -1.96. The van der Waals surface area contributed by atoms with Gasteiger partial charge in [0.15, 0.2) is 0 Å². The predicted octanol–water partition coefficient (Wildman–Crippen LogP) is 4.26. The van der Waals surface area contributed by atoms with Crippen molar-refractivity contribution < 1.29 is 12.8 Å². The molecule has 32 heavy (non-hydrogen) atoms. The van der Waals surface area contributed by atoms with Crippen LogP contribution in [0.1, 0.15) is 24.0 Å².